The number of likely N-dealkylation sites (N-methyl/N-ethyl adjacent to an activating group) is 1. The van der Waals surface area contributed by atoms with Gasteiger partial charge in [-0.1, -0.05) is 46.3 Å². The summed E-state index contributed by atoms with van der Waals surface area (Å²) in [5.41, 5.74) is 1.28. The number of hydrogen-bond acceptors (Lipinski definition) is 5. The zero-order chi connectivity index (χ0) is 30.0. The molecule has 1 amide bonds. The fraction of sp³-hybridized carbons (Fsp3) is 0.560. The van der Waals surface area contributed by atoms with Crippen molar-refractivity contribution in [1.29, 1.82) is 0 Å². The molecule has 0 aliphatic heterocycles. The molecule has 0 bridgehead atoms. The van der Waals surface area contributed by atoms with E-state index < -0.39 is 23.9 Å². The van der Waals surface area contributed by atoms with Crippen LogP contribution >= 0.6 is 15.9 Å². The van der Waals surface area contributed by atoms with E-state index >= 15 is 0 Å². The number of quaternary nitrogens is 1. The van der Waals surface area contributed by atoms with Gasteiger partial charge in [0.2, 0.25) is 5.91 Å². The van der Waals surface area contributed by atoms with Crippen molar-refractivity contribution in [2.75, 3.05) is 31.5 Å². The van der Waals surface area contributed by atoms with Crippen LogP contribution in [0.3, 0.4) is 0 Å². The number of alkyl halides is 1. The van der Waals surface area contributed by atoms with Crippen molar-refractivity contribution in [2.24, 2.45) is 0 Å². The first-order valence-electron chi connectivity index (χ1n) is 11.5. The van der Waals surface area contributed by atoms with Crippen molar-refractivity contribution >= 4 is 45.7 Å². The van der Waals surface area contributed by atoms with Crippen molar-refractivity contribution < 1.29 is 48.9 Å². The Morgan fingerprint density at radius 1 is 0.757 bits per heavy atom. The molecule has 0 heterocycles. The number of carboxylic acids is 4. The molecule has 0 aromatic heterocycles. The van der Waals surface area contributed by atoms with E-state index in [0.29, 0.717) is 5.33 Å². The van der Waals surface area contributed by atoms with Gasteiger partial charge in [0.1, 0.15) is 0 Å². The van der Waals surface area contributed by atoms with E-state index in [1.165, 1.54) is 5.56 Å². The Morgan fingerprint density at radius 2 is 1.08 bits per heavy atom. The van der Waals surface area contributed by atoms with Crippen LogP contribution in [0.4, 0.5) is 0 Å². The summed E-state index contributed by atoms with van der Waals surface area (Å²) in [7, 11) is 0. The van der Waals surface area contributed by atoms with Crippen molar-refractivity contribution in [3.8, 4) is 0 Å². The highest BCUT2D eigenvalue weighted by molar-refractivity contribution is 9.09. The molecule has 0 saturated carbocycles. The number of carbonyl (C=O) groups excluding carboxylic acids is 1. The number of nitrogens with zero attached hydrogens (tertiary/aromatic N) is 1. The molecule has 0 fully saturated rings. The molecule has 0 aliphatic rings. The third-order valence-electron chi connectivity index (χ3n) is 4.43. The number of halogens is 1. The summed E-state index contributed by atoms with van der Waals surface area (Å²) in [5, 5.41) is 33.2. The molecule has 0 spiro atoms. The maximum absolute atomic E-state index is 11.8. The average molecular weight is 597 g/mol. The summed E-state index contributed by atoms with van der Waals surface area (Å²) in [6.07, 6.45) is 0.888. The summed E-state index contributed by atoms with van der Waals surface area (Å²) < 4.78 is 1.04. The molecular weight excluding hydrogens is 552 g/mol. The third-order valence-corrected chi connectivity index (χ3v) is 4.94. The van der Waals surface area contributed by atoms with Crippen LogP contribution in [-0.4, -0.2) is 92.2 Å². The number of hydrogen-bond donors (Lipinski definition) is 5. The number of aliphatic carboxylic acids is 4. The number of benzene rings is 1. The van der Waals surface area contributed by atoms with Gasteiger partial charge in [-0.3, -0.25) is 24.0 Å². The van der Waals surface area contributed by atoms with Crippen LogP contribution in [0, 0.1) is 0 Å². The van der Waals surface area contributed by atoms with Gasteiger partial charge >= 0.3 is 0 Å². The number of carbonyl (C=O) groups is 5. The Labute approximate surface area is 228 Å². The SMILES string of the molecule is CC(=O)O.CC(=O)O.CC(=O)O.CC(=O)O.CC[N+](CC)(CC)CC(Cc1ccccc1)NC(=O)CBr. The molecule has 37 heavy (non-hydrogen) atoms. The van der Waals surface area contributed by atoms with Crippen LogP contribution in [-0.2, 0) is 30.4 Å². The molecular formula is C25H44BrN2O9+. The van der Waals surface area contributed by atoms with Crippen molar-refractivity contribution in [3.05, 3.63) is 35.9 Å². The van der Waals surface area contributed by atoms with E-state index in [1.807, 2.05) is 6.07 Å². The second kappa shape index (κ2) is 26.1. The molecule has 1 aromatic carbocycles. The Bertz CT molecular complexity index is 698. The van der Waals surface area contributed by atoms with Crippen LogP contribution in [0.5, 0.6) is 0 Å². The predicted octanol–water partition coefficient (Wildman–Crippen LogP) is 3.35. The van der Waals surface area contributed by atoms with Gasteiger partial charge in [0.25, 0.3) is 23.9 Å². The quantitative estimate of drug-likeness (QED) is 0.211. The van der Waals surface area contributed by atoms with E-state index in [1.54, 1.807) is 0 Å². The summed E-state index contributed by atoms with van der Waals surface area (Å²) in [6, 6.07) is 10.6. The lowest BCUT2D eigenvalue weighted by atomic mass is 10.0. The average Bonchev–Trinajstić information content (AvgIpc) is 2.76. The largest absolute Gasteiger partial charge is 0.481 e. The molecule has 1 rings (SSSR count). The fourth-order valence-corrected chi connectivity index (χ4v) is 3.01. The normalized spacial score (nSPS) is 10.1. The Morgan fingerprint density at radius 3 is 1.35 bits per heavy atom. The molecule has 0 saturated heterocycles. The minimum Gasteiger partial charge on any atom is -0.481 e. The van der Waals surface area contributed by atoms with Crippen molar-refractivity contribution in [3.63, 3.8) is 0 Å². The standard InChI is InChI=1S/C17H27BrN2O.4C2H4O2/c1-4-20(5-2,6-3)14-16(19-17(21)13-18)12-15-10-8-7-9-11-15;4*1-2(3)4/h7-11,16H,4-6,12-14H2,1-3H3;4*1H3,(H,3,4)/p+1. The maximum atomic E-state index is 11.8. The van der Waals surface area contributed by atoms with Gasteiger partial charge in [0, 0.05) is 27.7 Å². The molecule has 1 aromatic rings. The highest BCUT2D eigenvalue weighted by Crippen LogP contribution is 2.12. The van der Waals surface area contributed by atoms with Crippen LogP contribution < -0.4 is 5.32 Å². The summed E-state index contributed by atoms with van der Waals surface area (Å²) in [4.78, 5) is 47.8. The molecule has 214 valence electrons. The van der Waals surface area contributed by atoms with E-state index in [4.69, 9.17) is 39.6 Å². The van der Waals surface area contributed by atoms with E-state index in [-0.39, 0.29) is 11.9 Å². The molecule has 0 aliphatic carbocycles. The lowest BCUT2D eigenvalue weighted by Crippen LogP contribution is -2.56. The van der Waals surface area contributed by atoms with E-state index in [9.17, 15) is 4.79 Å². The van der Waals surface area contributed by atoms with Crippen LogP contribution in [0.2, 0.25) is 0 Å². The van der Waals surface area contributed by atoms with Gasteiger partial charge in [-0.25, -0.2) is 0 Å². The molecule has 1 atom stereocenters. The Balaban J connectivity index is -0.000000277. The number of carboxylic acid groups (broad SMARTS) is 4. The van der Waals surface area contributed by atoms with Gasteiger partial charge in [-0.2, -0.15) is 0 Å². The van der Waals surface area contributed by atoms with E-state index in [0.717, 1.165) is 64.8 Å². The first kappa shape index (κ1) is 41.1. The van der Waals surface area contributed by atoms with E-state index in [2.05, 4.69) is 66.3 Å². The van der Waals surface area contributed by atoms with Crippen molar-refractivity contribution in [2.45, 2.75) is 60.9 Å². The minimum atomic E-state index is -0.833. The number of rotatable bonds is 9. The van der Waals surface area contributed by atoms with Gasteiger partial charge in [-0.15, -0.1) is 0 Å². The molecule has 0 radical (unpaired) electrons. The molecule has 5 N–H and O–H groups in total. The smallest absolute Gasteiger partial charge is 0.300 e. The number of amides is 1. The van der Waals surface area contributed by atoms with Gasteiger partial charge < -0.3 is 30.2 Å². The maximum Gasteiger partial charge on any atom is 0.300 e. The third kappa shape index (κ3) is 37.7. The molecule has 1 unspecified atom stereocenters. The zero-order valence-electron chi connectivity index (χ0n) is 22.9. The van der Waals surface area contributed by atoms with Crippen LogP contribution in [0.15, 0.2) is 30.3 Å². The molecule has 11 nitrogen and oxygen atoms in total. The summed E-state index contributed by atoms with van der Waals surface area (Å²) in [5.74, 6) is -3.27. The predicted molar refractivity (Wildman–Crippen MR) is 146 cm³/mol. The van der Waals surface area contributed by atoms with Crippen molar-refractivity contribution in [1.82, 2.24) is 5.32 Å². The van der Waals surface area contributed by atoms with Gasteiger partial charge in [0.05, 0.1) is 37.6 Å². The number of nitrogens with one attached hydrogen (secondary N) is 1. The fourth-order valence-electron chi connectivity index (χ4n) is 2.85. The van der Waals surface area contributed by atoms with Gasteiger partial charge in [-0.05, 0) is 32.8 Å². The zero-order valence-corrected chi connectivity index (χ0v) is 24.4. The van der Waals surface area contributed by atoms with Gasteiger partial charge in [0.15, 0.2) is 0 Å². The second-order valence-electron chi connectivity index (χ2n) is 7.64. The Hall–Kier alpha value is -2.99. The molecule has 12 heteroatoms. The monoisotopic (exact) mass is 595 g/mol. The first-order valence-corrected chi connectivity index (χ1v) is 12.7. The minimum absolute atomic E-state index is 0.0670. The van der Waals surface area contributed by atoms with Crippen LogP contribution in [0.1, 0.15) is 54.0 Å². The second-order valence-corrected chi connectivity index (χ2v) is 8.20. The van der Waals surface area contributed by atoms with Crippen LogP contribution in [0.25, 0.3) is 0 Å². The first-order chi connectivity index (χ1) is 17.0. The lowest BCUT2D eigenvalue weighted by Gasteiger charge is -2.39. The lowest BCUT2D eigenvalue weighted by molar-refractivity contribution is -0.924. The Kier molecular flexibility index (Phi) is 29.0. The summed E-state index contributed by atoms with van der Waals surface area (Å²) >= 11 is 3.24. The topological polar surface area (TPSA) is 178 Å². The summed E-state index contributed by atoms with van der Waals surface area (Å²) in [6.45, 7) is 15.3. The highest BCUT2D eigenvalue weighted by Gasteiger charge is 2.27. The highest BCUT2D eigenvalue weighted by atomic mass is 79.9.